The van der Waals surface area contributed by atoms with Crippen LogP contribution in [0.25, 0.3) is 5.76 Å². The molecule has 7 nitrogen and oxygen atoms in total. The molecule has 1 unspecified atom stereocenters. The van der Waals surface area contributed by atoms with Crippen LogP contribution in [0.2, 0.25) is 0 Å². The number of amides is 1. The molecule has 0 aliphatic carbocycles. The predicted octanol–water partition coefficient (Wildman–Crippen LogP) is 5.82. The van der Waals surface area contributed by atoms with Gasteiger partial charge in [-0.15, -0.1) is 0 Å². The minimum Gasteiger partial charge on any atom is -0.507 e. The van der Waals surface area contributed by atoms with Gasteiger partial charge in [-0.2, -0.15) is 0 Å². The van der Waals surface area contributed by atoms with E-state index in [-0.39, 0.29) is 11.3 Å². The molecule has 4 rings (SSSR count). The molecule has 7 heteroatoms. The van der Waals surface area contributed by atoms with Gasteiger partial charge < -0.3 is 24.4 Å². The normalized spacial score (nSPS) is 16.5. The molecule has 3 aromatic rings. The van der Waals surface area contributed by atoms with E-state index in [1.165, 1.54) is 0 Å². The maximum atomic E-state index is 13.4. The smallest absolute Gasteiger partial charge is 0.295 e. The third-order valence-electron chi connectivity index (χ3n) is 7.17. The third-order valence-corrected chi connectivity index (χ3v) is 7.17. The fraction of sp³-hybridized carbons (Fsp3) is 0.333. The van der Waals surface area contributed by atoms with Crippen molar-refractivity contribution in [2.45, 2.75) is 39.8 Å². The van der Waals surface area contributed by atoms with Gasteiger partial charge in [-0.3, -0.25) is 9.59 Å². The molecule has 1 aliphatic rings. The number of nitrogens with zero attached hydrogens (tertiary/aromatic N) is 2. The van der Waals surface area contributed by atoms with Gasteiger partial charge in [-0.25, -0.2) is 0 Å². The Kier molecular flexibility index (Phi) is 9.97. The fourth-order valence-corrected chi connectivity index (χ4v) is 5.00. The van der Waals surface area contributed by atoms with E-state index in [0.717, 1.165) is 30.8 Å². The van der Waals surface area contributed by atoms with E-state index in [2.05, 4.69) is 18.7 Å². The molecule has 1 amide bonds. The number of aliphatic hydroxyl groups is 1. The van der Waals surface area contributed by atoms with Gasteiger partial charge in [0.15, 0.2) is 0 Å². The Morgan fingerprint density at radius 2 is 1.60 bits per heavy atom. The number of ether oxygens (including phenoxy) is 2. The van der Waals surface area contributed by atoms with Gasteiger partial charge in [0.25, 0.3) is 11.7 Å². The van der Waals surface area contributed by atoms with E-state index in [4.69, 9.17) is 9.47 Å². The van der Waals surface area contributed by atoms with Gasteiger partial charge in [0.05, 0.1) is 18.2 Å². The van der Waals surface area contributed by atoms with Gasteiger partial charge in [0.1, 0.15) is 23.9 Å². The summed E-state index contributed by atoms with van der Waals surface area (Å²) in [4.78, 5) is 30.6. The van der Waals surface area contributed by atoms with E-state index >= 15 is 0 Å². The highest BCUT2D eigenvalue weighted by atomic mass is 16.5. The Morgan fingerprint density at radius 1 is 0.875 bits per heavy atom. The number of hydrogen-bond donors (Lipinski definition) is 1. The van der Waals surface area contributed by atoms with E-state index in [1.54, 1.807) is 29.2 Å². The maximum Gasteiger partial charge on any atom is 0.295 e. The number of likely N-dealkylation sites (tertiary alicyclic amines) is 1. The topological polar surface area (TPSA) is 79.3 Å². The Morgan fingerprint density at radius 3 is 2.27 bits per heavy atom. The molecule has 1 N–H and O–H groups in total. The van der Waals surface area contributed by atoms with Crippen LogP contribution in [0, 0.1) is 0 Å². The van der Waals surface area contributed by atoms with E-state index in [0.29, 0.717) is 43.2 Å². The third kappa shape index (κ3) is 6.72. The lowest BCUT2D eigenvalue weighted by atomic mass is 9.95. The number of aliphatic hydroxyl groups excluding tert-OH is 1. The molecule has 0 saturated carbocycles. The monoisotopic (exact) mass is 542 g/mol. The van der Waals surface area contributed by atoms with Crippen LogP contribution in [-0.2, 0) is 16.2 Å². The molecule has 0 bridgehead atoms. The Bertz CT molecular complexity index is 1320. The quantitative estimate of drug-likeness (QED) is 0.167. The molecule has 40 heavy (non-hydrogen) atoms. The summed E-state index contributed by atoms with van der Waals surface area (Å²) in [5, 5.41) is 11.4. The Labute approximate surface area is 236 Å². The zero-order chi connectivity index (χ0) is 28.5. The number of rotatable bonds is 13. The highest BCUT2D eigenvalue weighted by Gasteiger charge is 2.45. The summed E-state index contributed by atoms with van der Waals surface area (Å²) in [6, 6.07) is 23.5. The first-order valence-electron chi connectivity index (χ1n) is 14.0. The van der Waals surface area contributed by atoms with Crippen LogP contribution in [0.5, 0.6) is 11.5 Å². The second kappa shape index (κ2) is 13.8. The molecule has 210 valence electrons. The van der Waals surface area contributed by atoms with Crippen LogP contribution < -0.4 is 9.47 Å². The molecule has 1 aliphatic heterocycles. The van der Waals surface area contributed by atoms with Crippen molar-refractivity contribution in [3.05, 3.63) is 101 Å². The molecular weight excluding hydrogens is 504 g/mol. The van der Waals surface area contributed by atoms with Gasteiger partial charge in [-0.05, 0) is 68.4 Å². The summed E-state index contributed by atoms with van der Waals surface area (Å²) in [5.41, 5.74) is 2.30. The molecule has 1 heterocycles. The van der Waals surface area contributed by atoms with Crippen molar-refractivity contribution in [1.29, 1.82) is 0 Å². The summed E-state index contributed by atoms with van der Waals surface area (Å²) in [6.07, 6.45) is 0.712. The predicted molar refractivity (Wildman–Crippen MR) is 156 cm³/mol. The van der Waals surface area contributed by atoms with Crippen molar-refractivity contribution in [1.82, 2.24) is 9.80 Å². The van der Waals surface area contributed by atoms with Crippen LogP contribution in [-0.4, -0.2) is 59.4 Å². The molecule has 1 saturated heterocycles. The van der Waals surface area contributed by atoms with Crippen LogP contribution >= 0.6 is 0 Å². The number of hydrogen-bond acceptors (Lipinski definition) is 6. The maximum absolute atomic E-state index is 13.4. The lowest BCUT2D eigenvalue weighted by molar-refractivity contribution is -0.140. The summed E-state index contributed by atoms with van der Waals surface area (Å²) >= 11 is 0. The van der Waals surface area contributed by atoms with Crippen LogP contribution in [0.1, 0.15) is 49.9 Å². The SMILES string of the molecule is CCOc1cccc(/C(O)=C2\C(=O)C(=O)N(CCCN(CC)CC)C2c2ccc(OCc3ccccc3)cc2)c1. The van der Waals surface area contributed by atoms with E-state index in [9.17, 15) is 14.7 Å². The number of Topliss-reactive ketones (excluding diaryl/α,β-unsaturated/α-hetero) is 1. The Hall–Kier alpha value is -4.10. The minimum atomic E-state index is -0.712. The fourth-order valence-electron chi connectivity index (χ4n) is 5.00. The van der Waals surface area contributed by atoms with Crippen molar-refractivity contribution in [3.63, 3.8) is 0 Å². The van der Waals surface area contributed by atoms with Gasteiger partial charge in [0.2, 0.25) is 0 Å². The first kappa shape index (κ1) is 28.9. The van der Waals surface area contributed by atoms with Crippen molar-refractivity contribution >= 4 is 17.4 Å². The lowest BCUT2D eigenvalue weighted by Gasteiger charge is -2.27. The average Bonchev–Trinajstić information content (AvgIpc) is 3.24. The highest BCUT2D eigenvalue weighted by molar-refractivity contribution is 6.46. The second-order valence-corrected chi connectivity index (χ2v) is 9.68. The average molecular weight is 543 g/mol. The van der Waals surface area contributed by atoms with Crippen LogP contribution in [0.3, 0.4) is 0 Å². The van der Waals surface area contributed by atoms with Crippen molar-refractivity contribution in [2.24, 2.45) is 0 Å². The summed E-state index contributed by atoms with van der Waals surface area (Å²) in [5.74, 6) is -0.236. The zero-order valence-electron chi connectivity index (χ0n) is 23.5. The zero-order valence-corrected chi connectivity index (χ0v) is 23.5. The lowest BCUT2D eigenvalue weighted by Crippen LogP contribution is -2.33. The Balaban J connectivity index is 1.66. The van der Waals surface area contributed by atoms with Gasteiger partial charge >= 0.3 is 0 Å². The highest BCUT2D eigenvalue weighted by Crippen LogP contribution is 2.40. The number of carbonyl (C=O) groups is 2. The minimum absolute atomic E-state index is 0.0828. The summed E-state index contributed by atoms with van der Waals surface area (Å²) in [6.45, 7) is 10.0. The van der Waals surface area contributed by atoms with Crippen LogP contribution in [0.15, 0.2) is 84.4 Å². The van der Waals surface area contributed by atoms with E-state index < -0.39 is 17.7 Å². The van der Waals surface area contributed by atoms with Crippen molar-refractivity contribution in [2.75, 3.05) is 32.8 Å². The van der Waals surface area contributed by atoms with E-state index in [1.807, 2.05) is 61.5 Å². The number of ketones is 1. The van der Waals surface area contributed by atoms with Crippen molar-refractivity contribution in [3.8, 4) is 11.5 Å². The molecule has 1 fully saturated rings. The standard InChI is InChI=1S/C33H38N2O5/c1-4-34(5-2)20-11-21-35-30(25-16-18-27(19-17-25)40-23-24-12-8-7-9-13-24)29(32(37)33(35)38)31(36)26-14-10-15-28(22-26)39-6-3/h7-10,12-19,22,30,36H,4-6,11,20-21,23H2,1-3H3/b31-29+. The largest absolute Gasteiger partial charge is 0.507 e. The molecule has 0 aromatic heterocycles. The van der Waals surface area contributed by atoms with Crippen molar-refractivity contribution < 1.29 is 24.2 Å². The summed E-state index contributed by atoms with van der Waals surface area (Å²) < 4.78 is 11.5. The van der Waals surface area contributed by atoms with Gasteiger partial charge in [-0.1, -0.05) is 68.4 Å². The summed E-state index contributed by atoms with van der Waals surface area (Å²) in [7, 11) is 0. The van der Waals surface area contributed by atoms with Gasteiger partial charge in [0, 0.05) is 12.1 Å². The van der Waals surface area contributed by atoms with Crippen LogP contribution in [0.4, 0.5) is 0 Å². The first-order valence-corrected chi connectivity index (χ1v) is 14.0. The molecular formula is C33H38N2O5. The number of carbonyl (C=O) groups excluding carboxylic acids is 2. The molecule has 1 atom stereocenters. The second-order valence-electron chi connectivity index (χ2n) is 9.68. The first-order chi connectivity index (χ1) is 19.5. The molecule has 0 radical (unpaired) electrons. The number of benzene rings is 3. The molecule has 3 aromatic carbocycles. The molecule has 0 spiro atoms.